The molecule has 0 aromatic heterocycles. The van der Waals surface area contributed by atoms with Crippen LogP contribution in [-0.4, -0.2) is 24.7 Å². The molecule has 1 heterocycles. The summed E-state index contributed by atoms with van der Waals surface area (Å²) in [6.45, 7) is 4.21. The van der Waals surface area contributed by atoms with Gasteiger partial charge in [0, 0.05) is 11.3 Å². The number of hydrogen-bond acceptors (Lipinski definition) is 3. The Hall–Kier alpha value is -1.00. The van der Waals surface area contributed by atoms with Crippen LogP contribution in [0.5, 0.6) is 0 Å². The summed E-state index contributed by atoms with van der Waals surface area (Å²) in [5.74, 6) is 1.70. The predicted octanol–water partition coefficient (Wildman–Crippen LogP) is 3.13. The van der Waals surface area contributed by atoms with Crippen molar-refractivity contribution in [2.45, 2.75) is 31.1 Å². The van der Waals surface area contributed by atoms with Crippen molar-refractivity contribution in [1.29, 1.82) is 0 Å². The van der Waals surface area contributed by atoms with Crippen LogP contribution in [0.1, 0.15) is 26.2 Å². The molecule has 0 saturated carbocycles. The number of nitrogens with one attached hydrogen (secondary N) is 2. The van der Waals surface area contributed by atoms with E-state index < -0.39 is 0 Å². The van der Waals surface area contributed by atoms with Crippen LogP contribution in [0.3, 0.4) is 0 Å². The SMILES string of the molecule is CCSc1ccccc1NC(=O)CC1CCNCC1. The molecule has 0 spiro atoms. The summed E-state index contributed by atoms with van der Waals surface area (Å²) >= 11 is 1.77. The van der Waals surface area contributed by atoms with Gasteiger partial charge >= 0.3 is 0 Å². The Kier molecular flexibility index (Phi) is 5.73. The van der Waals surface area contributed by atoms with Crippen LogP contribution in [-0.2, 0) is 4.79 Å². The number of para-hydroxylation sites is 1. The van der Waals surface area contributed by atoms with Gasteiger partial charge < -0.3 is 10.6 Å². The standard InChI is InChI=1S/C15H22N2OS/c1-2-19-14-6-4-3-5-13(14)17-15(18)11-12-7-9-16-10-8-12/h3-6,12,16H,2,7-11H2,1H3,(H,17,18). The van der Waals surface area contributed by atoms with Crippen molar-refractivity contribution in [3.63, 3.8) is 0 Å². The van der Waals surface area contributed by atoms with Crippen LogP contribution in [0.15, 0.2) is 29.2 Å². The molecule has 1 aliphatic heterocycles. The highest BCUT2D eigenvalue weighted by Gasteiger charge is 2.17. The number of piperidine rings is 1. The molecular weight excluding hydrogens is 256 g/mol. The monoisotopic (exact) mass is 278 g/mol. The highest BCUT2D eigenvalue weighted by atomic mass is 32.2. The fourth-order valence-corrected chi connectivity index (χ4v) is 3.16. The van der Waals surface area contributed by atoms with Gasteiger partial charge in [0.1, 0.15) is 0 Å². The maximum atomic E-state index is 12.1. The Bertz CT molecular complexity index is 416. The summed E-state index contributed by atoms with van der Waals surface area (Å²) in [7, 11) is 0. The topological polar surface area (TPSA) is 41.1 Å². The van der Waals surface area contributed by atoms with Gasteiger partial charge in [-0.3, -0.25) is 4.79 Å². The van der Waals surface area contributed by atoms with Crippen molar-refractivity contribution in [2.24, 2.45) is 5.92 Å². The molecule has 19 heavy (non-hydrogen) atoms. The molecule has 1 saturated heterocycles. The lowest BCUT2D eigenvalue weighted by Gasteiger charge is -2.22. The molecule has 1 aliphatic rings. The number of hydrogen-bond donors (Lipinski definition) is 2. The zero-order valence-corrected chi connectivity index (χ0v) is 12.3. The molecule has 0 aliphatic carbocycles. The van der Waals surface area contributed by atoms with Crippen molar-refractivity contribution in [2.75, 3.05) is 24.2 Å². The Morgan fingerprint density at radius 3 is 2.84 bits per heavy atom. The Labute approximate surface area is 119 Å². The number of anilines is 1. The fourth-order valence-electron chi connectivity index (χ4n) is 2.40. The molecule has 1 aromatic carbocycles. The second-order valence-electron chi connectivity index (χ2n) is 4.87. The number of thioether (sulfide) groups is 1. The number of carbonyl (C=O) groups excluding carboxylic acids is 1. The Morgan fingerprint density at radius 1 is 1.37 bits per heavy atom. The van der Waals surface area contributed by atoms with Gasteiger partial charge in [-0.05, 0) is 49.7 Å². The molecule has 0 radical (unpaired) electrons. The summed E-state index contributed by atoms with van der Waals surface area (Å²) in [6, 6.07) is 8.03. The molecule has 3 nitrogen and oxygen atoms in total. The molecule has 1 amide bonds. The van der Waals surface area contributed by atoms with Gasteiger partial charge in [-0.25, -0.2) is 0 Å². The minimum atomic E-state index is 0.149. The minimum absolute atomic E-state index is 0.149. The van der Waals surface area contributed by atoms with E-state index in [9.17, 15) is 4.79 Å². The smallest absolute Gasteiger partial charge is 0.224 e. The zero-order chi connectivity index (χ0) is 13.5. The molecule has 0 unspecified atom stereocenters. The third-order valence-corrected chi connectivity index (χ3v) is 4.35. The van der Waals surface area contributed by atoms with E-state index in [0.29, 0.717) is 12.3 Å². The number of benzene rings is 1. The van der Waals surface area contributed by atoms with Crippen molar-refractivity contribution in [3.05, 3.63) is 24.3 Å². The van der Waals surface area contributed by atoms with Crippen molar-refractivity contribution in [1.82, 2.24) is 5.32 Å². The number of amides is 1. The molecule has 0 bridgehead atoms. The van der Waals surface area contributed by atoms with E-state index in [4.69, 9.17) is 0 Å². The van der Waals surface area contributed by atoms with Crippen LogP contribution in [0.25, 0.3) is 0 Å². The van der Waals surface area contributed by atoms with Crippen molar-refractivity contribution in [3.8, 4) is 0 Å². The highest BCUT2D eigenvalue weighted by Crippen LogP contribution is 2.27. The molecular formula is C15H22N2OS. The Balaban J connectivity index is 1.90. The first-order valence-corrected chi connectivity index (χ1v) is 8.00. The summed E-state index contributed by atoms with van der Waals surface area (Å²) in [5, 5.41) is 6.39. The van der Waals surface area contributed by atoms with Crippen LogP contribution in [0, 0.1) is 5.92 Å². The van der Waals surface area contributed by atoms with E-state index in [2.05, 4.69) is 23.6 Å². The minimum Gasteiger partial charge on any atom is -0.325 e. The second-order valence-corrected chi connectivity index (χ2v) is 6.18. The summed E-state index contributed by atoms with van der Waals surface area (Å²) in [4.78, 5) is 13.3. The summed E-state index contributed by atoms with van der Waals surface area (Å²) < 4.78 is 0. The average molecular weight is 278 g/mol. The molecule has 1 fully saturated rings. The molecule has 1 aromatic rings. The Morgan fingerprint density at radius 2 is 2.11 bits per heavy atom. The van der Waals surface area contributed by atoms with Gasteiger partial charge in [0.2, 0.25) is 5.91 Å². The fraction of sp³-hybridized carbons (Fsp3) is 0.533. The first kappa shape index (κ1) is 14.4. The van der Waals surface area contributed by atoms with Gasteiger partial charge in [0.15, 0.2) is 0 Å². The molecule has 4 heteroatoms. The predicted molar refractivity (Wildman–Crippen MR) is 81.7 cm³/mol. The van der Waals surface area contributed by atoms with E-state index >= 15 is 0 Å². The first-order valence-electron chi connectivity index (χ1n) is 7.02. The van der Waals surface area contributed by atoms with Gasteiger partial charge in [0.25, 0.3) is 0 Å². The quantitative estimate of drug-likeness (QED) is 0.813. The first-order chi connectivity index (χ1) is 9.29. The maximum absolute atomic E-state index is 12.1. The maximum Gasteiger partial charge on any atom is 0.224 e. The average Bonchev–Trinajstić information content (AvgIpc) is 2.42. The van der Waals surface area contributed by atoms with Gasteiger partial charge in [0.05, 0.1) is 5.69 Å². The summed E-state index contributed by atoms with van der Waals surface area (Å²) in [6.07, 6.45) is 2.87. The lowest BCUT2D eigenvalue weighted by molar-refractivity contribution is -0.117. The largest absolute Gasteiger partial charge is 0.325 e. The molecule has 104 valence electrons. The second kappa shape index (κ2) is 7.56. The lowest BCUT2D eigenvalue weighted by atomic mass is 9.94. The molecule has 0 atom stereocenters. The highest BCUT2D eigenvalue weighted by molar-refractivity contribution is 7.99. The number of rotatable bonds is 5. The number of carbonyl (C=O) groups is 1. The van der Waals surface area contributed by atoms with Crippen LogP contribution >= 0.6 is 11.8 Å². The van der Waals surface area contributed by atoms with Crippen molar-refractivity contribution < 1.29 is 4.79 Å². The van der Waals surface area contributed by atoms with Gasteiger partial charge in [-0.2, -0.15) is 0 Å². The zero-order valence-electron chi connectivity index (χ0n) is 11.4. The van der Waals surface area contributed by atoms with Crippen LogP contribution < -0.4 is 10.6 Å². The molecule has 2 N–H and O–H groups in total. The van der Waals surface area contributed by atoms with E-state index in [-0.39, 0.29) is 5.91 Å². The van der Waals surface area contributed by atoms with Crippen molar-refractivity contribution >= 4 is 23.4 Å². The van der Waals surface area contributed by atoms with E-state index in [0.717, 1.165) is 42.3 Å². The molecule has 2 rings (SSSR count). The normalized spacial score (nSPS) is 16.3. The third-order valence-electron chi connectivity index (χ3n) is 3.39. The van der Waals surface area contributed by atoms with Gasteiger partial charge in [-0.15, -0.1) is 11.8 Å². The third kappa shape index (κ3) is 4.55. The van der Waals surface area contributed by atoms with Gasteiger partial charge in [-0.1, -0.05) is 19.1 Å². The van der Waals surface area contributed by atoms with E-state index in [1.807, 2.05) is 18.2 Å². The van der Waals surface area contributed by atoms with Crippen LogP contribution in [0.2, 0.25) is 0 Å². The summed E-state index contributed by atoms with van der Waals surface area (Å²) in [5.41, 5.74) is 0.952. The van der Waals surface area contributed by atoms with Crippen LogP contribution in [0.4, 0.5) is 5.69 Å². The van der Waals surface area contributed by atoms with E-state index in [1.165, 1.54) is 0 Å². The van der Waals surface area contributed by atoms with E-state index in [1.54, 1.807) is 11.8 Å². The lowest BCUT2D eigenvalue weighted by Crippen LogP contribution is -2.30.